The molecule has 0 amide bonds. The molecule has 1 aromatic carbocycles. The molecular formula is C13H14F3NO. The van der Waals surface area contributed by atoms with Gasteiger partial charge in [-0.3, -0.25) is 4.79 Å². The summed E-state index contributed by atoms with van der Waals surface area (Å²) in [6.45, 7) is 1.42. The molecule has 5 heteroatoms. The van der Waals surface area contributed by atoms with E-state index in [-0.39, 0.29) is 17.3 Å². The summed E-state index contributed by atoms with van der Waals surface area (Å²) in [5, 5.41) is 3.09. The monoisotopic (exact) mass is 257 g/mol. The van der Waals surface area contributed by atoms with Gasteiger partial charge < -0.3 is 5.32 Å². The number of carbonyl (C=O) groups excluding carboxylic acids is 1. The van der Waals surface area contributed by atoms with E-state index in [0.29, 0.717) is 6.54 Å². The number of ketones is 1. The van der Waals surface area contributed by atoms with Gasteiger partial charge in [0, 0.05) is 18.0 Å². The van der Waals surface area contributed by atoms with Crippen LogP contribution in [0.1, 0.15) is 28.8 Å². The molecule has 1 aliphatic heterocycles. The number of piperidine rings is 1. The number of alkyl halides is 3. The average molecular weight is 257 g/mol. The van der Waals surface area contributed by atoms with Crippen molar-refractivity contribution in [3.8, 4) is 0 Å². The van der Waals surface area contributed by atoms with Crippen LogP contribution in [0.5, 0.6) is 0 Å². The fourth-order valence-corrected chi connectivity index (χ4v) is 2.16. The van der Waals surface area contributed by atoms with Crippen molar-refractivity contribution >= 4 is 5.78 Å². The quantitative estimate of drug-likeness (QED) is 0.825. The Balaban J connectivity index is 2.20. The second-order valence-electron chi connectivity index (χ2n) is 4.49. The zero-order chi connectivity index (χ0) is 13.2. The Morgan fingerprint density at radius 1 is 1.33 bits per heavy atom. The second kappa shape index (κ2) is 5.10. The van der Waals surface area contributed by atoms with Gasteiger partial charge in [0.1, 0.15) is 0 Å². The molecule has 1 fully saturated rings. The minimum absolute atomic E-state index is 0.151. The molecule has 98 valence electrons. The standard InChI is InChI=1S/C13H14F3NO/c14-13(15,16)11-5-1-3-9(7-11)12(18)10-4-2-6-17-8-10/h1,3,5,7,10,17H,2,4,6,8H2. The highest BCUT2D eigenvalue weighted by Gasteiger charge is 2.31. The van der Waals surface area contributed by atoms with Gasteiger partial charge in [0.05, 0.1) is 5.56 Å². The van der Waals surface area contributed by atoms with Gasteiger partial charge in [-0.25, -0.2) is 0 Å². The third-order valence-electron chi connectivity index (χ3n) is 3.14. The summed E-state index contributed by atoms with van der Waals surface area (Å²) in [5.74, 6) is -0.407. The van der Waals surface area contributed by atoms with Gasteiger partial charge in [-0.1, -0.05) is 12.1 Å². The van der Waals surface area contributed by atoms with Crippen molar-refractivity contribution in [3.63, 3.8) is 0 Å². The van der Waals surface area contributed by atoms with Gasteiger partial charge in [-0.05, 0) is 31.5 Å². The van der Waals surface area contributed by atoms with Crippen LogP contribution in [0.15, 0.2) is 24.3 Å². The van der Waals surface area contributed by atoms with E-state index in [4.69, 9.17) is 0 Å². The van der Waals surface area contributed by atoms with Crippen LogP contribution in [0.2, 0.25) is 0 Å². The third-order valence-corrected chi connectivity index (χ3v) is 3.14. The smallest absolute Gasteiger partial charge is 0.316 e. The molecule has 1 saturated heterocycles. The largest absolute Gasteiger partial charge is 0.416 e. The lowest BCUT2D eigenvalue weighted by Gasteiger charge is -2.21. The van der Waals surface area contributed by atoms with Crippen LogP contribution in [-0.2, 0) is 6.18 Å². The molecule has 0 saturated carbocycles. The van der Waals surface area contributed by atoms with E-state index in [2.05, 4.69) is 5.32 Å². The summed E-state index contributed by atoms with van der Waals surface area (Å²) in [4.78, 5) is 12.1. The van der Waals surface area contributed by atoms with Crippen LogP contribution in [0.4, 0.5) is 13.2 Å². The van der Waals surface area contributed by atoms with E-state index in [9.17, 15) is 18.0 Å². The van der Waals surface area contributed by atoms with Crippen LogP contribution in [-0.4, -0.2) is 18.9 Å². The first-order valence-corrected chi connectivity index (χ1v) is 5.90. The van der Waals surface area contributed by atoms with Crippen molar-refractivity contribution in [2.45, 2.75) is 19.0 Å². The Morgan fingerprint density at radius 3 is 2.72 bits per heavy atom. The lowest BCUT2D eigenvalue weighted by molar-refractivity contribution is -0.137. The molecule has 2 nitrogen and oxygen atoms in total. The fourth-order valence-electron chi connectivity index (χ4n) is 2.16. The number of benzene rings is 1. The molecule has 0 aliphatic carbocycles. The normalized spacial score (nSPS) is 20.7. The van der Waals surface area contributed by atoms with E-state index in [1.165, 1.54) is 12.1 Å². The average Bonchev–Trinajstić information content (AvgIpc) is 2.38. The summed E-state index contributed by atoms with van der Waals surface area (Å²) in [6.07, 6.45) is -2.78. The van der Waals surface area contributed by atoms with Crippen molar-refractivity contribution < 1.29 is 18.0 Å². The Hall–Kier alpha value is -1.36. The van der Waals surface area contributed by atoms with Gasteiger partial charge in [0.15, 0.2) is 5.78 Å². The van der Waals surface area contributed by atoms with Crippen molar-refractivity contribution in [2.75, 3.05) is 13.1 Å². The predicted octanol–water partition coefficient (Wildman–Crippen LogP) is 2.89. The third kappa shape index (κ3) is 2.90. The van der Waals surface area contributed by atoms with E-state index in [0.717, 1.165) is 31.5 Å². The van der Waals surface area contributed by atoms with Gasteiger partial charge in [0.2, 0.25) is 0 Å². The maximum Gasteiger partial charge on any atom is 0.416 e. The minimum Gasteiger partial charge on any atom is -0.316 e. The highest BCUT2D eigenvalue weighted by molar-refractivity contribution is 5.98. The number of rotatable bonds is 2. The van der Waals surface area contributed by atoms with Gasteiger partial charge in [-0.15, -0.1) is 0 Å². The first-order chi connectivity index (χ1) is 8.48. The van der Waals surface area contributed by atoms with Crippen molar-refractivity contribution in [3.05, 3.63) is 35.4 Å². The topological polar surface area (TPSA) is 29.1 Å². The van der Waals surface area contributed by atoms with E-state index >= 15 is 0 Å². The van der Waals surface area contributed by atoms with Gasteiger partial charge in [0.25, 0.3) is 0 Å². The molecule has 1 heterocycles. The maximum atomic E-state index is 12.5. The molecule has 0 spiro atoms. The summed E-state index contributed by atoms with van der Waals surface area (Å²) < 4.78 is 37.6. The Kier molecular flexibility index (Phi) is 3.71. The summed E-state index contributed by atoms with van der Waals surface area (Å²) in [5.41, 5.74) is -0.615. The Bertz CT molecular complexity index is 436. The fraction of sp³-hybridized carbons (Fsp3) is 0.462. The molecule has 1 N–H and O–H groups in total. The van der Waals surface area contributed by atoms with Crippen molar-refractivity contribution in [1.29, 1.82) is 0 Å². The van der Waals surface area contributed by atoms with E-state index in [1.807, 2.05) is 0 Å². The highest BCUT2D eigenvalue weighted by atomic mass is 19.4. The first-order valence-electron chi connectivity index (χ1n) is 5.90. The zero-order valence-corrected chi connectivity index (χ0v) is 9.76. The molecule has 1 aliphatic rings. The summed E-state index contributed by atoms with van der Waals surface area (Å²) in [6, 6.07) is 4.66. The van der Waals surface area contributed by atoms with E-state index < -0.39 is 11.7 Å². The molecule has 1 atom stereocenters. The second-order valence-corrected chi connectivity index (χ2v) is 4.49. The number of nitrogens with one attached hydrogen (secondary N) is 1. The number of halogens is 3. The molecular weight excluding hydrogens is 243 g/mol. The van der Waals surface area contributed by atoms with Crippen LogP contribution >= 0.6 is 0 Å². The SMILES string of the molecule is O=C(c1cccc(C(F)(F)F)c1)C1CCCNC1. The van der Waals surface area contributed by atoms with E-state index in [1.54, 1.807) is 0 Å². The molecule has 0 aromatic heterocycles. The minimum atomic E-state index is -4.40. The first kappa shape index (κ1) is 13.1. The van der Waals surface area contributed by atoms with Crippen LogP contribution < -0.4 is 5.32 Å². The number of carbonyl (C=O) groups is 1. The Morgan fingerprint density at radius 2 is 2.11 bits per heavy atom. The number of hydrogen-bond acceptors (Lipinski definition) is 2. The van der Waals surface area contributed by atoms with Crippen molar-refractivity contribution in [1.82, 2.24) is 5.32 Å². The zero-order valence-electron chi connectivity index (χ0n) is 9.76. The van der Waals surface area contributed by atoms with Crippen LogP contribution in [0.25, 0.3) is 0 Å². The molecule has 18 heavy (non-hydrogen) atoms. The highest BCUT2D eigenvalue weighted by Crippen LogP contribution is 2.30. The molecule has 0 bridgehead atoms. The predicted molar refractivity (Wildman–Crippen MR) is 61.4 cm³/mol. The number of hydrogen-bond donors (Lipinski definition) is 1. The maximum absolute atomic E-state index is 12.5. The Labute approximate surface area is 103 Å². The summed E-state index contributed by atoms with van der Waals surface area (Å²) in [7, 11) is 0. The van der Waals surface area contributed by atoms with Crippen LogP contribution in [0, 0.1) is 5.92 Å². The van der Waals surface area contributed by atoms with Crippen molar-refractivity contribution in [2.24, 2.45) is 5.92 Å². The lowest BCUT2D eigenvalue weighted by atomic mass is 9.90. The van der Waals surface area contributed by atoms with Gasteiger partial charge >= 0.3 is 6.18 Å². The molecule has 1 aromatic rings. The molecule has 2 rings (SSSR count). The lowest BCUT2D eigenvalue weighted by Crippen LogP contribution is -2.34. The molecule has 0 radical (unpaired) electrons. The molecule has 1 unspecified atom stereocenters. The van der Waals surface area contributed by atoms with Gasteiger partial charge in [-0.2, -0.15) is 13.2 Å². The summed E-state index contributed by atoms with van der Waals surface area (Å²) >= 11 is 0. The number of Topliss-reactive ketones (excluding diaryl/α,β-unsaturated/α-hetero) is 1. The van der Waals surface area contributed by atoms with Crippen LogP contribution in [0.3, 0.4) is 0 Å².